The Kier molecular flexibility index (Phi) is 5.25. The molecule has 1 aromatic rings. The van der Waals surface area contributed by atoms with Crippen LogP contribution in [0.1, 0.15) is 6.42 Å². The SMILES string of the molecule is COC(=O)[C@@H]1C[C@H](Oc2ccccc2)CN1.Cl. The van der Waals surface area contributed by atoms with Crippen molar-refractivity contribution in [1.82, 2.24) is 5.32 Å². The molecule has 1 fully saturated rings. The fourth-order valence-corrected chi connectivity index (χ4v) is 1.81. The lowest BCUT2D eigenvalue weighted by Crippen LogP contribution is -2.31. The number of esters is 1. The maximum atomic E-state index is 11.3. The molecule has 94 valence electrons. The van der Waals surface area contributed by atoms with E-state index in [9.17, 15) is 4.79 Å². The molecule has 1 saturated heterocycles. The van der Waals surface area contributed by atoms with Crippen molar-refractivity contribution in [1.29, 1.82) is 0 Å². The van der Waals surface area contributed by atoms with Gasteiger partial charge in [-0.1, -0.05) is 18.2 Å². The average Bonchev–Trinajstić information content (AvgIpc) is 2.78. The number of rotatable bonds is 3. The highest BCUT2D eigenvalue weighted by atomic mass is 35.5. The molecule has 2 atom stereocenters. The summed E-state index contributed by atoms with van der Waals surface area (Å²) in [7, 11) is 1.40. The van der Waals surface area contributed by atoms with Crippen molar-refractivity contribution in [2.75, 3.05) is 13.7 Å². The summed E-state index contributed by atoms with van der Waals surface area (Å²) >= 11 is 0. The van der Waals surface area contributed by atoms with E-state index in [1.807, 2.05) is 30.3 Å². The lowest BCUT2D eigenvalue weighted by Gasteiger charge is -2.12. The van der Waals surface area contributed by atoms with E-state index in [0.29, 0.717) is 13.0 Å². The van der Waals surface area contributed by atoms with Gasteiger partial charge in [0.2, 0.25) is 0 Å². The van der Waals surface area contributed by atoms with Crippen LogP contribution in [0, 0.1) is 0 Å². The second-order valence-corrected chi connectivity index (χ2v) is 3.77. The largest absolute Gasteiger partial charge is 0.489 e. The van der Waals surface area contributed by atoms with Gasteiger partial charge in [0, 0.05) is 13.0 Å². The van der Waals surface area contributed by atoms with E-state index in [1.54, 1.807) is 0 Å². The second kappa shape index (κ2) is 6.47. The third-order valence-electron chi connectivity index (χ3n) is 2.62. The first-order valence-corrected chi connectivity index (χ1v) is 5.32. The van der Waals surface area contributed by atoms with Crippen molar-refractivity contribution in [2.45, 2.75) is 18.6 Å². The Balaban J connectivity index is 0.00000144. The maximum Gasteiger partial charge on any atom is 0.323 e. The average molecular weight is 258 g/mol. The van der Waals surface area contributed by atoms with Gasteiger partial charge in [-0.2, -0.15) is 0 Å². The summed E-state index contributed by atoms with van der Waals surface area (Å²) in [5, 5.41) is 3.08. The van der Waals surface area contributed by atoms with Crippen LogP contribution < -0.4 is 10.1 Å². The predicted molar refractivity (Wildman–Crippen MR) is 66.5 cm³/mol. The number of carbonyl (C=O) groups excluding carboxylic acids is 1. The predicted octanol–water partition coefficient (Wildman–Crippen LogP) is 1.39. The minimum absolute atomic E-state index is 0. The molecular weight excluding hydrogens is 242 g/mol. The molecule has 17 heavy (non-hydrogen) atoms. The Morgan fingerprint density at radius 1 is 1.35 bits per heavy atom. The summed E-state index contributed by atoms with van der Waals surface area (Å²) in [4.78, 5) is 11.3. The molecule has 0 spiro atoms. The lowest BCUT2D eigenvalue weighted by molar-refractivity contribution is -0.142. The normalized spacial score (nSPS) is 22.6. The Morgan fingerprint density at radius 3 is 2.71 bits per heavy atom. The summed E-state index contributed by atoms with van der Waals surface area (Å²) in [6, 6.07) is 9.37. The molecule has 0 aliphatic carbocycles. The minimum atomic E-state index is -0.237. The zero-order chi connectivity index (χ0) is 11.4. The maximum absolute atomic E-state index is 11.3. The first kappa shape index (κ1) is 13.8. The molecule has 0 amide bonds. The summed E-state index contributed by atoms with van der Waals surface area (Å²) < 4.78 is 10.4. The molecule has 0 saturated carbocycles. The molecule has 1 aliphatic heterocycles. The van der Waals surface area contributed by atoms with Crippen LogP contribution in [-0.2, 0) is 9.53 Å². The molecule has 1 heterocycles. The number of ether oxygens (including phenoxy) is 2. The number of nitrogens with one attached hydrogen (secondary N) is 1. The van der Waals surface area contributed by atoms with Gasteiger partial charge in [0.15, 0.2) is 0 Å². The molecule has 1 N–H and O–H groups in total. The van der Waals surface area contributed by atoms with Crippen molar-refractivity contribution in [2.24, 2.45) is 0 Å². The first-order valence-electron chi connectivity index (χ1n) is 5.32. The van der Waals surface area contributed by atoms with E-state index in [-0.39, 0.29) is 30.5 Å². The number of carbonyl (C=O) groups is 1. The Hall–Kier alpha value is -1.26. The molecule has 2 rings (SSSR count). The highest BCUT2D eigenvalue weighted by Crippen LogP contribution is 2.17. The van der Waals surface area contributed by atoms with Crippen LogP contribution in [0.5, 0.6) is 5.75 Å². The molecule has 1 aliphatic rings. The second-order valence-electron chi connectivity index (χ2n) is 3.77. The van der Waals surface area contributed by atoms with Crippen LogP contribution in [0.25, 0.3) is 0 Å². The molecule has 0 bridgehead atoms. The fraction of sp³-hybridized carbons (Fsp3) is 0.417. The number of para-hydroxylation sites is 1. The number of hydrogen-bond donors (Lipinski definition) is 1. The number of methoxy groups -OCH3 is 1. The van der Waals surface area contributed by atoms with E-state index in [2.05, 4.69) is 10.1 Å². The molecule has 0 radical (unpaired) electrons. The van der Waals surface area contributed by atoms with E-state index in [1.165, 1.54) is 7.11 Å². The van der Waals surface area contributed by atoms with Crippen LogP contribution in [0.2, 0.25) is 0 Å². The molecule has 0 unspecified atom stereocenters. The van der Waals surface area contributed by atoms with Gasteiger partial charge in [-0.25, -0.2) is 0 Å². The fourth-order valence-electron chi connectivity index (χ4n) is 1.81. The van der Waals surface area contributed by atoms with Gasteiger partial charge in [0.25, 0.3) is 0 Å². The van der Waals surface area contributed by atoms with Crippen molar-refractivity contribution in [3.8, 4) is 5.75 Å². The first-order chi connectivity index (χ1) is 7.79. The van der Waals surface area contributed by atoms with E-state index in [0.717, 1.165) is 5.75 Å². The Labute approximate surface area is 107 Å². The monoisotopic (exact) mass is 257 g/mol. The summed E-state index contributed by atoms with van der Waals surface area (Å²) in [6.45, 7) is 0.675. The quantitative estimate of drug-likeness (QED) is 0.832. The molecule has 1 aromatic carbocycles. The van der Waals surface area contributed by atoms with Crippen molar-refractivity contribution < 1.29 is 14.3 Å². The summed E-state index contributed by atoms with van der Waals surface area (Å²) in [6.07, 6.45) is 0.688. The summed E-state index contributed by atoms with van der Waals surface area (Å²) in [5.74, 6) is 0.610. The summed E-state index contributed by atoms with van der Waals surface area (Å²) in [5.41, 5.74) is 0. The minimum Gasteiger partial charge on any atom is -0.489 e. The van der Waals surface area contributed by atoms with Crippen molar-refractivity contribution in [3.05, 3.63) is 30.3 Å². The highest BCUT2D eigenvalue weighted by Gasteiger charge is 2.31. The van der Waals surface area contributed by atoms with Gasteiger partial charge in [-0.05, 0) is 12.1 Å². The van der Waals surface area contributed by atoms with Gasteiger partial charge < -0.3 is 14.8 Å². The standard InChI is InChI=1S/C12H15NO3.ClH/c1-15-12(14)11-7-10(8-13-11)16-9-5-3-2-4-6-9;/h2-6,10-11,13H,7-8H2,1H3;1H/t10-,11-;/m0./s1. The third kappa shape index (κ3) is 3.61. The Morgan fingerprint density at radius 2 is 2.06 bits per heavy atom. The van der Waals surface area contributed by atoms with Gasteiger partial charge >= 0.3 is 5.97 Å². The smallest absolute Gasteiger partial charge is 0.323 e. The van der Waals surface area contributed by atoms with Gasteiger partial charge in [-0.3, -0.25) is 4.79 Å². The lowest BCUT2D eigenvalue weighted by atomic mass is 10.2. The van der Waals surface area contributed by atoms with Gasteiger partial charge in [0.1, 0.15) is 17.9 Å². The molecular formula is C12H16ClNO3. The highest BCUT2D eigenvalue weighted by molar-refractivity contribution is 5.85. The topological polar surface area (TPSA) is 47.6 Å². The zero-order valence-corrected chi connectivity index (χ0v) is 10.4. The van der Waals surface area contributed by atoms with Gasteiger partial charge in [-0.15, -0.1) is 12.4 Å². The van der Waals surface area contributed by atoms with Crippen LogP contribution in [-0.4, -0.2) is 31.8 Å². The zero-order valence-electron chi connectivity index (χ0n) is 9.59. The molecule has 4 nitrogen and oxygen atoms in total. The number of halogens is 1. The van der Waals surface area contributed by atoms with E-state index < -0.39 is 0 Å². The van der Waals surface area contributed by atoms with Crippen molar-refractivity contribution >= 4 is 18.4 Å². The Bertz CT molecular complexity index is 358. The van der Waals surface area contributed by atoms with E-state index in [4.69, 9.17) is 4.74 Å². The third-order valence-corrected chi connectivity index (χ3v) is 2.62. The van der Waals surface area contributed by atoms with Gasteiger partial charge in [0.05, 0.1) is 7.11 Å². The van der Waals surface area contributed by atoms with E-state index >= 15 is 0 Å². The van der Waals surface area contributed by atoms with Crippen LogP contribution in [0.3, 0.4) is 0 Å². The number of hydrogen-bond acceptors (Lipinski definition) is 4. The van der Waals surface area contributed by atoms with Crippen LogP contribution >= 0.6 is 12.4 Å². The molecule has 0 aromatic heterocycles. The number of benzene rings is 1. The van der Waals surface area contributed by atoms with Crippen LogP contribution in [0.4, 0.5) is 0 Å². The van der Waals surface area contributed by atoms with Crippen LogP contribution in [0.15, 0.2) is 30.3 Å². The van der Waals surface area contributed by atoms with Crippen molar-refractivity contribution in [3.63, 3.8) is 0 Å². The molecule has 5 heteroatoms.